The highest BCUT2D eigenvalue weighted by Crippen LogP contribution is 2.36. The van der Waals surface area contributed by atoms with Crippen molar-refractivity contribution in [1.82, 2.24) is 24.5 Å². The van der Waals surface area contributed by atoms with Crippen LogP contribution in [0.5, 0.6) is 0 Å². The molecule has 0 saturated carbocycles. The maximum Gasteiger partial charge on any atom is 0.158 e. The van der Waals surface area contributed by atoms with Crippen LogP contribution in [0.2, 0.25) is 0 Å². The lowest BCUT2D eigenvalue weighted by atomic mass is 10.0. The Kier molecular flexibility index (Phi) is 5.08. The van der Waals surface area contributed by atoms with Gasteiger partial charge >= 0.3 is 0 Å². The number of aromatic nitrogens is 4. The fourth-order valence-corrected chi connectivity index (χ4v) is 5.53. The van der Waals surface area contributed by atoms with Gasteiger partial charge in [0.2, 0.25) is 0 Å². The third-order valence-corrected chi connectivity index (χ3v) is 7.16. The molecule has 2 N–H and O–H groups in total. The van der Waals surface area contributed by atoms with Crippen LogP contribution in [0.1, 0.15) is 11.3 Å². The van der Waals surface area contributed by atoms with Gasteiger partial charge in [-0.2, -0.15) is 0 Å². The van der Waals surface area contributed by atoms with E-state index in [2.05, 4.69) is 34.8 Å². The summed E-state index contributed by atoms with van der Waals surface area (Å²) in [6.45, 7) is 6.76. The smallest absolute Gasteiger partial charge is 0.158 e. The van der Waals surface area contributed by atoms with Gasteiger partial charge in [-0.3, -0.25) is 4.98 Å². The Hall–Kier alpha value is -3.36. The van der Waals surface area contributed by atoms with E-state index in [1.807, 2.05) is 16.6 Å². The number of hydrogen-bond acceptors (Lipinski definition) is 6. The zero-order chi connectivity index (χ0) is 23.4. The average Bonchev–Trinajstić information content (AvgIpc) is 3.50. The zero-order valence-electron chi connectivity index (χ0n) is 19.4. The van der Waals surface area contributed by atoms with Crippen molar-refractivity contribution in [2.45, 2.75) is 13.5 Å². The van der Waals surface area contributed by atoms with Crippen molar-refractivity contribution in [2.75, 3.05) is 38.1 Å². The highest BCUT2D eigenvalue weighted by atomic mass is 19.1. The van der Waals surface area contributed by atoms with Gasteiger partial charge in [-0.15, -0.1) is 5.10 Å². The molecule has 2 aliphatic heterocycles. The minimum absolute atomic E-state index is 0.273. The molecule has 2 fully saturated rings. The molecule has 1 aromatic carbocycles. The van der Waals surface area contributed by atoms with Crippen LogP contribution in [0.4, 0.5) is 10.2 Å². The van der Waals surface area contributed by atoms with E-state index in [-0.39, 0.29) is 5.82 Å². The van der Waals surface area contributed by atoms with Gasteiger partial charge in [-0.1, -0.05) is 0 Å². The third kappa shape index (κ3) is 3.54. The van der Waals surface area contributed by atoms with Crippen LogP contribution in [0.3, 0.4) is 0 Å². The Bertz CT molecular complexity index is 1350. The van der Waals surface area contributed by atoms with Gasteiger partial charge in [0.15, 0.2) is 5.65 Å². The molecule has 5 heterocycles. The summed E-state index contributed by atoms with van der Waals surface area (Å²) in [6.07, 6.45) is 1.76. The second-order valence-electron chi connectivity index (χ2n) is 9.62. The molecule has 0 amide bonds. The monoisotopic (exact) mass is 457 g/mol. The summed E-state index contributed by atoms with van der Waals surface area (Å²) < 4.78 is 15.6. The van der Waals surface area contributed by atoms with Gasteiger partial charge < -0.3 is 15.5 Å². The van der Waals surface area contributed by atoms with Crippen LogP contribution >= 0.6 is 0 Å². The van der Waals surface area contributed by atoms with Crippen LogP contribution in [-0.2, 0) is 6.54 Å². The van der Waals surface area contributed by atoms with Crippen molar-refractivity contribution in [3.05, 3.63) is 65.7 Å². The number of pyridine rings is 1. The van der Waals surface area contributed by atoms with Gasteiger partial charge in [0.05, 0.1) is 11.4 Å². The van der Waals surface area contributed by atoms with Crippen LogP contribution in [0, 0.1) is 24.6 Å². The van der Waals surface area contributed by atoms with E-state index in [9.17, 15) is 4.39 Å². The lowest BCUT2D eigenvalue weighted by Crippen LogP contribution is -2.27. The van der Waals surface area contributed by atoms with Gasteiger partial charge in [-0.25, -0.2) is 13.9 Å². The second kappa shape index (κ2) is 8.14. The molecule has 2 aliphatic rings. The fraction of sp³-hybridized carbons (Fsp3) is 0.346. The maximum atomic E-state index is 13.7. The summed E-state index contributed by atoms with van der Waals surface area (Å²) in [5.74, 6) is 2.07. The number of fused-ring (bicyclic) bond motifs is 2. The molecule has 2 saturated heterocycles. The molecule has 3 aromatic heterocycles. The fourth-order valence-electron chi connectivity index (χ4n) is 5.53. The normalized spacial score (nSPS) is 20.4. The van der Waals surface area contributed by atoms with Gasteiger partial charge in [-0.05, 0) is 73.8 Å². The number of nitrogens with zero attached hydrogens (tertiary/aromatic N) is 6. The molecule has 8 heteroatoms. The van der Waals surface area contributed by atoms with Crippen molar-refractivity contribution < 1.29 is 4.39 Å². The van der Waals surface area contributed by atoms with Crippen LogP contribution in [-0.4, -0.2) is 57.7 Å². The maximum absolute atomic E-state index is 13.7. The molecule has 174 valence electrons. The number of rotatable bonds is 4. The molecule has 0 bridgehead atoms. The number of aryl methyl sites for hydroxylation is 1. The van der Waals surface area contributed by atoms with E-state index in [4.69, 9.17) is 15.8 Å². The quantitative estimate of drug-likeness (QED) is 0.507. The first-order valence-corrected chi connectivity index (χ1v) is 11.8. The number of benzene rings is 1. The van der Waals surface area contributed by atoms with Gasteiger partial charge in [0.1, 0.15) is 17.3 Å². The van der Waals surface area contributed by atoms with Crippen molar-refractivity contribution in [2.24, 2.45) is 17.6 Å². The minimum atomic E-state index is -0.273. The molecule has 7 nitrogen and oxygen atoms in total. The minimum Gasteiger partial charge on any atom is -0.354 e. The summed E-state index contributed by atoms with van der Waals surface area (Å²) in [7, 11) is 2.20. The number of likely N-dealkylation sites (tertiary alicyclic amines) is 1. The Labute approximate surface area is 198 Å². The van der Waals surface area contributed by atoms with E-state index >= 15 is 0 Å². The Morgan fingerprint density at radius 3 is 2.44 bits per heavy atom. The average molecular weight is 458 g/mol. The highest BCUT2D eigenvalue weighted by molar-refractivity contribution is 5.82. The molecule has 0 spiro atoms. The molecule has 2 unspecified atom stereocenters. The van der Waals surface area contributed by atoms with Gasteiger partial charge in [0, 0.05) is 50.0 Å². The summed E-state index contributed by atoms with van der Waals surface area (Å²) in [5.41, 5.74) is 11.9. The van der Waals surface area contributed by atoms with Crippen LogP contribution in [0.15, 0.2) is 48.7 Å². The number of imidazole rings is 1. The molecule has 2 atom stereocenters. The second-order valence-corrected chi connectivity index (χ2v) is 9.62. The molecule has 34 heavy (non-hydrogen) atoms. The largest absolute Gasteiger partial charge is 0.354 e. The summed E-state index contributed by atoms with van der Waals surface area (Å²) in [6, 6.07) is 12.5. The first kappa shape index (κ1) is 21.2. The van der Waals surface area contributed by atoms with E-state index in [0.29, 0.717) is 18.4 Å². The van der Waals surface area contributed by atoms with Crippen molar-refractivity contribution >= 4 is 11.5 Å². The summed E-state index contributed by atoms with van der Waals surface area (Å²) >= 11 is 0. The Morgan fingerprint density at radius 1 is 1.00 bits per heavy atom. The standard InChI is InChI=1S/C26H28FN7/c1-16-9-23(33-14-19-12-32(2)13-20(19)15-33)31-34-25(18-7-8-29-22(10-18)11-28)24(30-26(16)34)17-3-5-21(27)6-4-17/h3-10,19-20H,11-15,28H2,1-2H3. The predicted octanol–water partition coefficient (Wildman–Crippen LogP) is 3.36. The lowest BCUT2D eigenvalue weighted by molar-refractivity contribution is 0.386. The van der Waals surface area contributed by atoms with Crippen LogP contribution < -0.4 is 10.6 Å². The number of hydrogen-bond donors (Lipinski definition) is 1. The van der Waals surface area contributed by atoms with E-state index < -0.39 is 0 Å². The number of anilines is 1. The molecule has 0 radical (unpaired) electrons. The topological polar surface area (TPSA) is 75.6 Å². The SMILES string of the molecule is Cc1cc(N2CC3CN(C)CC3C2)nn2c(-c3ccnc(CN)c3)c(-c3ccc(F)cc3)nc12. The summed E-state index contributed by atoms with van der Waals surface area (Å²) in [5, 5.41) is 5.10. The molecular weight excluding hydrogens is 429 g/mol. The highest BCUT2D eigenvalue weighted by Gasteiger charge is 2.39. The number of halogens is 1. The molecule has 6 rings (SSSR count). The summed E-state index contributed by atoms with van der Waals surface area (Å²) in [4.78, 5) is 14.2. The van der Waals surface area contributed by atoms with E-state index in [0.717, 1.165) is 71.4 Å². The van der Waals surface area contributed by atoms with Crippen molar-refractivity contribution in [3.63, 3.8) is 0 Å². The van der Waals surface area contributed by atoms with E-state index in [1.165, 1.54) is 12.1 Å². The molecular formula is C26H28FN7. The van der Waals surface area contributed by atoms with Crippen LogP contribution in [0.25, 0.3) is 28.2 Å². The Balaban J connectivity index is 1.52. The first-order valence-electron chi connectivity index (χ1n) is 11.8. The van der Waals surface area contributed by atoms with Gasteiger partial charge in [0.25, 0.3) is 0 Å². The van der Waals surface area contributed by atoms with E-state index in [1.54, 1.807) is 18.3 Å². The third-order valence-electron chi connectivity index (χ3n) is 7.16. The lowest BCUT2D eigenvalue weighted by Gasteiger charge is -2.21. The molecule has 4 aromatic rings. The Morgan fingerprint density at radius 2 is 1.74 bits per heavy atom. The predicted molar refractivity (Wildman–Crippen MR) is 131 cm³/mol. The van der Waals surface area contributed by atoms with Crippen molar-refractivity contribution in [3.8, 4) is 22.5 Å². The van der Waals surface area contributed by atoms with Crippen molar-refractivity contribution in [1.29, 1.82) is 0 Å². The first-order chi connectivity index (χ1) is 16.5. The zero-order valence-corrected chi connectivity index (χ0v) is 19.4. The molecule has 0 aliphatic carbocycles. The number of nitrogens with two attached hydrogens (primary N) is 1.